The van der Waals surface area contributed by atoms with Crippen molar-refractivity contribution in [3.63, 3.8) is 0 Å². The van der Waals surface area contributed by atoms with Gasteiger partial charge in [0.15, 0.2) is 23.2 Å². The fourth-order valence-corrected chi connectivity index (χ4v) is 4.97. The molecular formula is C15H19FN5O7P. The predicted molar refractivity (Wildman–Crippen MR) is 93.3 cm³/mol. The molecule has 14 heteroatoms. The topological polar surface area (TPSA) is 149 Å². The maximum absolute atomic E-state index is 15.8. The van der Waals surface area contributed by atoms with Crippen LogP contribution in [0.4, 0.5) is 10.2 Å². The van der Waals surface area contributed by atoms with Gasteiger partial charge in [-0.25, -0.2) is 28.2 Å². The van der Waals surface area contributed by atoms with E-state index in [9.17, 15) is 9.36 Å². The third-order valence-electron chi connectivity index (χ3n) is 4.80. The number of nitrogens with zero attached hydrogens (tertiary/aromatic N) is 4. The number of fused-ring (bicyclic) bond motifs is 2. The van der Waals surface area contributed by atoms with Crippen molar-refractivity contribution in [2.24, 2.45) is 0 Å². The van der Waals surface area contributed by atoms with Gasteiger partial charge < -0.3 is 15.2 Å². The monoisotopic (exact) mass is 431 g/mol. The number of esters is 1. The van der Waals surface area contributed by atoms with Crippen LogP contribution in [0.5, 0.6) is 0 Å². The zero-order chi connectivity index (χ0) is 21.0. The van der Waals surface area contributed by atoms with E-state index in [-0.39, 0.29) is 23.8 Å². The molecule has 0 amide bonds. The highest BCUT2D eigenvalue weighted by molar-refractivity contribution is 7.48. The van der Waals surface area contributed by atoms with Gasteiger partial charge in [0.25, 0.3) is 0 Å². The van der Waals surface area contributed by atoms with Crippen molar-refractivity contribution < 1.29 is 36.8 Å². The van der Waals surface area contributed by atoms with Crippen LogP contribution in [0.1, 0.15) is 25.6 Å². The second-order valence-corrected chi connectivity index (χ2v) is 8.38. The summed E-state index contributed by atoms with van der Waals surface area (Å²) in [5.41, 5.74) is 4.13. The molecule has 0 aliphatic carbocycles. The zero-order valence-corrected chi connectivity index (χ0v) is 16.6. The molecule has 1 unspecified atom stereocenters. The molecule has 4 rings (SSSR count). The second kappa shape index (κ2) is 6.96. The fourth-order valence-electron chi connectivity index (χ4n) is 3.37. The van der Waals surface area contributed by atoms with Crippen LogP contribution < -0.4 is 5.73 Å². The molecule has 0 radical (unpaired) electrons. The van der Waals surface area contributed by atoms with Crippen molar-refractivity contribution >= 4 is 25.3 Å². The average Bonchev–Trinajstić information content (AvgIpc) is 3.20. The first kappa shape index (κ1) is 20.1. The van der Waals surface area contributed by atoms with Crippen LogP contribution in [0.2, 0.25) is 0 Å². The number of nitrogen functional groups attached to an aromatic ring is 1. The highest BCUT2D eigenvalue weighted by atomic mass is 31.2. The van der Waals surface area contributed by atoms with Crippen LogP contribution in [0.3, 0.4) is 0 Å². The van der Waals surface area contributed by atoms with E-state index in [1.165, 1.54) is 30.9 Å². The number of alkyl halides is 1. The number of halogens is 1. The Hall–Kier alpha value is -2.18. The fraction of sp³-hybridized carbons (Fsp3) is 0.600. The lowest BCUT2D eigenvalue weighted by molar-refractivity contribution is -0.150. The van der Waals surface area contributed by atoms with E-state index in [0.717, 1.165) is 7.11 Å². The first-order valence-electron chi connectivity index (χ1n) is 8.64. The number of rotatable bonds is 4. The van der Waals surface area contributed by atoms with Crippen LogP contribution >= 0.6 is 7.82 Å². The molecule has 0 aromatic carbocycles. The number of nitrogens with two attached hydrogens (primary N) is 1. The SMILES string of the molecule is COC(=O)[C@H](C)OP1(=O)OC[C@H]2O[C@@H](c3cnc4c(N)ncnn34)[C@](C)(F)[C@@H]2O1. The third kappa shape index (κ3) is 3.28. The Labute approximate surface area is 164 Å². The number of carbonyl (C=O) groups is 1. The standard InChI is InChI=1S/C15H19FN5O7P/c1-7(14(22)24-3)27-29(23)25-5-9-11(28-29)15(2,16)10(26-9)8-4-18-13-12(17)19-6-20-21(8)13/h4,6-7,9-11H,5H2,1-3H3,(H2,17,19,20)/t7-,9+,10-,11+,15-,29?/m0/s1. The maximum Gasteiger partial charge on any atom is 0.476 e. The Morgan fingerprint density at radius 1 is 1.52 bits per heavy atom. The van der Waals surface area contributed by atoms with Crippen molar-refractivity contribution in [3.8, 4) is 0 Å². The van der Waals surface area contributed by atoms with Crippen molar-refractivity contribution in [2.75, 3.05) is 19.5 Å². The van der Waals surface area contributed by atoms with Crippen LogP contribution in [-0.4, -0.2) is 63.2 Å². The Bertz CT molecular complexity index is 1000. The van der Waals surface area contributed by atoms with Gasteiger partial charge in [0, 0.05) is 0 Å². The molecule has 0 spiro atoms. The van der Waals surface area contributed by atoms with Crippen molar-refractivity contribution in [3.05, 3.63) is 18.2 Å². The summed E-state index contributed by atoms with van der Waals surface area (Å²) in [4.78, 5) is 19.5. The molecule has 2 aromatic heterocycles. The highest BCUT2D eigenvalue weighted by Gasteiger charge is 2.62. The summed E-state index contributed by atoms with van der Waals surface area (Å²) < 4.78 is 55.8. The number of aromatic nitrogens is 4. The smallest absolute Gasteiger partial charge is 0.467 e. The molecule has 2 aromatic rings. The van der Waals surface area contributed by atoms with E-state index in [4.69, 9.17) is 24.0 Å². The van der Waals surface area contributed by atoms with E-state index >= 15 is 4.39 Å². The van der Waals surface area contributed by atoms with Crippen molar-refractivity contribution in [1.82, 2.24) is 19.6 Å². The summed E-state index contributed by atoms with van der Waals surface area (Å²) in [6.45, 7) is 2.29. The van der Waals surface area contributed by atoms with Gasteiger partial charge in [-0.3, -0.25) is 13.6 Å². The summed E-state index contributed by atoms with van der Waals surface area (Å²) in [6, 6.07) is 0. The van der Waals surface area contributed by atoms with Crippen LogP contribution in [-0.2, 0) is 32.4 Å². The van der Waals surface area contributed by atoms with Gasteiger partial charge in [-0.1, -0.05) is 0 Å². The number of imidazole rings is 1. The second-order valence-electron chi connectivity index (χ2n) is 6.81. The molecule has 2 aliphatic heterocycles. The lowest BCUT2D eigenvalue weighted by Crippen LogP contribution is -2.44. The molecule has 2 aliphatic rings. The minimum atomic E-state index is -4.23. The number of ether oxygens (including phenoxy) is 2. The van der Waals surface area contributed by atoms with Gasteiger partial charge in [-0.05, 0) is 13.8 Å². The zero-order valence-electron chi connectivity index (χ0n) is 15.7. The average molecular weight is 431 g/mol. The number of phosphoric acid groups is 1. The number of anilines is 1. The van der Waals surface area contributed by atoms with Gasteiger partial charge in [0.2, 0.25) is 0 Å². The molecule has 2 fully saturated rings. The van der Waals surface area contributed by atoms with Gasteiger partial charge in [-0.2, -0.15) is 5.10 Å². The molecular weight excluding hydrogens is 412 g/mol. The normalized spacial score (nSPS) is 35.4. The summed E-state index contributed by atoms with van der Waals surface area (Å²) in [6.07, 6.45) is -1.99. The van der Waals surface area contributed by atoms with Gasteiger partial charge in [0.1, 0.15) is 24.6 Å². The van der Waals surface area contributed by atoms with Crippen LogP contribution in [0.25, 0.3) is 5.65 Å². The molecule has 158 valence electrons. The van der Waals surface area contributed by atoms with Crippen molar-refractivity contribution in [1.29, 1.82) is 0 Å². The summed E-state index contributed by atoms with van der Waals surface area (Å²) in [5.74, 6) is -0.655. The molecule has 6 atom stereocenters. The lowest BCUT2D eigenvalue weighted by Gasteiger charge is -2.34. The Morgan fingerprint density at radius 3 is 3.00 bits per heavy atom. The number of hydrogen-bond donors (Lipinski definition) is 1. The summed E-state index contributed by atoms with van der Waals surface area (Å²) in [7, 11) is -3.08. The quantitative estimate of drug-likeness (QED) is 0.545. The highest BCUT2D eigenvalue weighted by Crippen LogP contribution is 2.60. The van der Waals surface area contributed by atoms with Crippen LogP contribution in [0, 0.1) is 0 Å². The third-order valence-corrected chi connectivity index (χ3v) is 6.33. The van der Waals surface area contributed by atoms with E-state index in [0.29, 0.717) is 0 Å². The molecule has 0 saturated carbocycles. The largest absolute Gasteiger partial charge is 0.476 e. The molecule has 4 heterocycles. The minimum Gasteiger partial charge on any atom is -0.467 e. The molecule has 12 nitrogen and oxygen atoms in total. The lowest BCUT2D eigenvalue weighted by atomic mass is 9.93. The molecule has 0 bridgehead atoms. The number of hydrogen-bond acceptors (Lipinski definition) is 11. The van der Waals surface area contributed by atoms with E-state index in [1.807, 2.05) is 0 Å². The molecule has 2 saturated heterocycles. The summed E-state index contributed by atoms with van der Waals surface area (Å²) in [5, 5.41) is 4.04. The Balaban J connectivity index is 1.61. The molecule has 29 heavy (non-hydrogen) atoms. The maximum atomic E-state index is 15.8. The van der Waals surface area contributed by atoms with Crippen LogP contribution in [0.15, 0.2) is 12.5 Å². The van der Waals surface area contributed by atoms with E-state index < -0.39 is 43.9 Å². The van der Waals surface area contributed by atoms with Crippen molar-refractivity contribution in [2.45, 2.75) is 43.9 Å². The Morgan fingerprint density at radius 2 is 2.28 bits per heavy atom. The number of methoxy groups -OCH3 is 1. The van der Waals surface area contributed by atoms with E-state index in [1.54, 1.807) is 0 Å². The van der Waals surface area contributed by atoms with Gasteiger partial charge in [0.05, 0.1) is 25.6 Å². The first-order valence-corrected chi connectivity index (χ1v) is 10.1. The number of phosphoric ester groups is 1. The molecule has 2 N–H and O–H groups in total. The predicted octanol–water partition coefficient (Wildman–Crippen LogP) is 0.976. The summed E-state index contributed by atoms with van der Waals surface area (Å²) >= 11 is 0. The number of carbonyl (C=O) groups excluding carboxylic acids is 1. The van der Waals surface area contributed by atoms with E-state index in [2.05, 4.69) is 19.8 Å². The minimum absolute atomic E-state index is 0.122. The van der Waals surface area contributed by atoms with Gasteiger partial charge in [-0.15, -0.1) is 0 Å². The Kier molecular flexibility index (Phi) is 4.82. The van der Waals surface area contributed by atoms with Gasteiger partial charge >= 0.3 is 13.8 Å². The first-order chi connectivity index (χ1) is 13.7.